The van der Waals surface area contributed by atoms with Crippen LogP contribution in [0.4, 0.5) is 5.69 Å². The predicted molar refractivity (Wildman–Crippen MR) is 79.2 cm³/mol. The van der Waals surface area contributed by atoms with Crippen LogP contribution >= 0.6 is 0 Å². The molecule has 0 aliphatic carbocycles. The number of nitrogens with one attached hydrogen (secondary N) is 1. The van der Waals surface area contributed by atoms with Gasteiger partial charge in [0, 0.05) is 11.8 Å². The van der Waals surface area contributed by atoms with Crippen molar-refractivity contribution in [3.8, 4) is 0 Å². The smallest absolute Gasteiger partial charge is 0.328 e. The van der Waals surface area contributed by atoms with E-state index >= 15 is 0 Å². The monoisotopic (exact) mass is 285 g/mol. The molecular weight excluding hydrogens is 270 g/mol. The Kier molecular flexibility index (Phi) is 4.56. The molecule has 0 atom stereocenters. The van der Waals surface area contributed by atoms with Crippen molar-refractivity contribution in [1.82, 2.24) is 0 Å². The van der Waals surface area contributed by atoms with Crippen LogP contribution in [0.25, 0.3) is 6.08 Å². The minimum atomic E-state index is -0.995. The molecule has 0 radical (unpaired) electrons. The van der Waals surface area contributed by atoms with E-state index in [1.165, 1.54) is 18.6 Å². The Bertz CT molecular complexity index is 672. The van der Waals surface area contributed by atoms with Gasteiger partial charge in [0.1, 0.15) is 6.26 Å². The van der Waals surface area contributed by atoms with Crippen molar-refractivity contribution in [2.75, 3.05) is 5.32 Å². The van der Waals surface area contributed by atoms with Gasteiger partial charge >= 0.3 is 5.97 Å². The summed E-state index contributed by atoms with van der Waals surface area (Å²) >= 11 is 0. The first-order valence-electron chi connectivity index (χ1n) is 6.47. The van der Waals surface area contributed by atoms with Crippen molar-refractivity contribution >= 4 is 23.6 Å². The number of carboxylic acids is 1. The third-order valence-corrected chi connectivity index (χ3v) is 2.96. The second-order valence-corrected chi connectivity index (χ2v) is 4.41. The van der Waals surface area contributed by atoms with Crippen molar-refractivity contribution in [3.05, 3.63) is 59.6 Å². The van der Waals surface area contributed by atoms with Gasteiger partial charge in [-0.2, -0.15) is 0 Å². The van der Waals surface area contributed by atoms with Crippen LogP contribution in [-0.4, -0.2) is 17.0 Å². The average Bonchev–Trinajstić information content (AvgIpc) is 3.00. The highest BCUT2D eigenvalue weighted by molar-refractivity contribution is 6.04. The van der Waals surface area contributed by atoms with E-state index in [2.05, 4.69) is 5.32 Å². The number of carbonyl (C=O) groups excluding carboxylic acids is 1. The van der Waals surface area contributed by atoms with Gasteiger partial charge < -0.3 is 14.8 Å². The molecule has 2 aromatic rings. The molecule has 1 aromatic carbocycles. The number of carbonyl (C=O) groups is 2. The molecular formula is C16H15NO4. The Morgan fingerprint density at radius 2 is 2.14 bits per heavy atom. The van der Waals surface area contributed by atoms with Crippen molar-refractivity contribution in [1.29, 1.82) is 0 Å². The molecule has 0 unspecified atom stereocenters. The van der Waals surface area contributed by atoms with Gasteiger partial charge in [0.2, 0.25) is 0 Å². The number of rotatable bonds is 5. The van der Waals surface area contributed by atoms with Crippen molar-refractivity contribution in [3.63, 3.8) is 0 Å². The van der Waals surface area contributed by atoms with Crippen LogP contribution in [0.15, 0.2) is 47.3 Å². The maximum atomic E-state index is 12.0. The van der Waals surface area contributed by atoms with Crippen LogP contribution in [0.3, 0.4) is 0 Å². The fraction of sp³-hybridized carbons (Fsp3) is 0.125. The number of aliphatic carboxylic acids is 1. The first kappa shape index (κ1) is 14.6. The summed E-state index contributed by atoms with van der Waals surface area (Å²) in [6, 6.07) is 6.96. The lowest BCUT2D eigenvalue weighted by Gasteiger charge is -2.10. The Morgan fingerprint density at radius 3 is 2.76 bits per heavy atom. The lowest BCUT2D eigenvalue weighted by atomic mass is 10.1. The van der Waals surface area contributed by atoms with Crippen LogP contribution in [0.5, 0.6) is 0 Å². The molecule has 1 amide bonds. The number of hydrogen-bond donors (Lipinski definition) is 2. The van der Waals surface area contributed by atoms with Crippen molar-refractivity contribution < 1.29 is 19.1 Å². The molecule has 0 aliphatic rings. The minimum Gasteiger partial charge on any atom is -0.478 e. The first-order valence-corrected chi connectivity index (χ1v) is 6.47. The van der Waals surface area contributed by atoms with E-state index in [-0.39, 0.29) is 5.91 Å². The van der Waals surface area contributed by atoms with Gasteiger partial charge in [-0.25, -0.2) is 4.79 Å². The fourth-order valence-electron chi connectivity index (χ4n) is 1.89. The standard InChI is InChI=1S/C16H15NO4/c1-2-12-9-11(4-6-15(18)19)3-5-14(12)17-16(20)13-7-8-21-10-13/h3-10H,2H2,1H3,(H,17,20)(H,18,19)/b6-4+. The highest BCUT2D eigenvalue weighted by Crippen LogP contribution is 2.20. The average molecular weight is 285 g/mol. The number of aryl methyl sites for hydroxylation is 1. The van der Waals surface area contributed by atoms with Crippen molar-refractivity contribution in [2.45, 2.75) is 13.3 Å². The molecule has 0 bridgehead atoms. The summed E-state index contributed by atoms with van der Waals surface area (Å²) in [5, 5.41) is 11.4. The summed E-state index contributed by atoms with van der Waals surface area (Å²) in [5.74, 6) is -1.24. The van der Waals surface area contributed by atoms with Crippen molar-refractivity contribution in [2.24, 2.45) is 0 Å². The number of amides is 1. The SMILES string of the molecule is CCc1cc(/C=C/C(=O)O)ccc1NC(=O)c1ccoc1. The molecule has 2 rings (SSSR count). The van der Waals surface area contributed by atoms with Gasteiger partial charge in [-0.3, -0.25) is 4.79 Å². The Morgan fingerprint density at radius 1 is 1.33 bits per heavy atom. The first-order chi connectivity index (χ1) is 10.1. The lowest BCUT2D eigenvalue weighted by molar-refractivity contribution is -0.131. The Balaban J connectivity index is 2.20. The van der Waals surface area contributed by atoms with E-state index in [0.29, 0.717) is 11.3 Å². The number of carboxylic acid groups (broad SMARTS) is 1. The van der Waals surface area contributed by atoms with Crippen LogP contribution in [0.2, 0.25) is 0 Å². The second kappa shape index (κ2) is 6.56. The van der Waals surface area contributed by atoms with E-state index in [1.54, 1.807) is 18.2 Å². The molecule has 0 saturated carbocycles. The maximum absolute atomic E-state index is 12.0. The molecule has 5 nitrogen and oxygen atoms in total. The topological polar surface area (TPSA) is 79.5 Å². The third-order valence-electron chi connectivity index (χ3n) is 2.96. The zero-order valence-corrected chi connectivity index (χ0v) is 11.5. The van der Waals surface area contributed by atoms with Gasteiger partial charge in [-0.05, 0) is 41.8 Å². The van der Waals surface area contributed by atoms with E-state index in [1.807, 2.05) is 13.0 Å². The molecule has 1 heterocycles. The normalized spacial score (nSPS) is 10.7. The molecule has 2 N–H and O–H groups in total. The summed E-state index contributed by atoms with van der Waals surface area (Å²) in [6.07, 6.45) is 6.14. The molecule has 108 valence electrons. The summed E-state index contributed by atoms with van der Waals surface area (Å²) < 4.78 is 4.88. The van der Waals surface area contributed by atoms with E-state index in [4.69, 9.17) is 9.52 Å². The predicted octanol–water partition coefficient (Wildman–Crippen LogP) is 3.19. The fourth-order valence-corrected chi connectivity index (χ4v) is 1.89. The van der Waals surface area contributed by atoms with Gasteiger partial charge in [-0.1, -0.05) is 13.0 Å². The highest BCUT2D eigenvalue weighted by atomic mass is 16.4. The molecule has 5 heteroatoms. The molecule has 0 spiro atoms. The van der Waals surface area contributed by atoms with E-state index in [9.17, 15) is 9.59 Å². The van der Waals surface area contributed by atoms with Gasteiger partial charge in [-0.15, -0.1) is 0 Å². The number of hydrogen-bond acceptors (Lipinski definition) is 3. The molecule has 0 fully saturated rings. The van der Waals surface area contributed by atoms with Crippen LogP contribution in [0.1, 0.15) is 28.4 Å². The summed E-state index contributed by atoms with van der Waals surface area (Å²) in [5.41, 5.74) is 2.86. The molecule has 0 saturated heterocycles. The summed E-state index contributed by atoms with van der Waals surface area (Å²) in [4.78, 5) is 22.5. The van der Waals surface area contributed by atoms with Crippen LogP contribution < -0.4 is 5.32 Å². The Labute approximate surface area is 121 Å². The maximum Gasteiger partial charge on any atom is 0.328 e. The zero-order valence-electron chi connectivity index (χ0n) is 11.5. The second-order valence-electron chi connectivity index (χ2n) is 4.41. The Hall–Kier alpha value is -2.82. The third kappa shape index (κ3) is 3.82. The lowest BCUT2D eigenvalue weighted by Crippen LogP contribution is -2.12. The van der Waals surface area contributed by atoms with E-state index in [0.717, 1.165) is 23.6 Å². The van der Waals surface area contributed by atoms with Crippen LogP contribution in [-0.2, 0) is 11.2 Å². The largest absolute Gasteiger partial charge is 0.478 e. The quantitative estimate of drug-likeness (QED) is 0.827. The summed E-state index contributed by atoms with van der Waals surface area (Å²) in [6.45, 7) is 1.97. The number of furan rings is 1. The molecule has 0 aliphatic heterocycles. The minimum absolute atomic E-state index is 0.243. The number of anilines is 1. The van der Waals surface area contributed by atoms with Gasteiger partial charge in [0.05, 0.1) is 11.8 Å². The van der Waals surface area contributed by atoms with Gasteiger partial charge in [0.15, 0.2) is 0 Å². The summed E-state index contributed by atoms with van der Waals surface area (Å²) in [7, 11) is 0. The highest BCUT2D eigenvalue weighted by Gasteiger charge is 2.09. The van der Waals surface area contributed by atoms with Gasteiger partial charge in [0.25, 0.3) is 5.91 Å². The molecule has 21 heavy (non-hydrogen) atoms. The number of benzene rings is 1. The van der Waals surface area contributed by atoms with Crippen LogP contribution in [0, 0.1) is 0 Å². The van der Waals surface area contributed by atoms with E-state index < -0.39 is 5.97 Å². The molecule has 1 aromatic heterocycles. The zero-order chi connectivity index (χ0) is 15.2.